The largest absolute Gasteiger partial charge is 0.358 e. The van der Waals surface area contributed by atoms with Crippen LogP contribution in [0.15, 0.2) is 76.9 Å². The summed E-state index contributed by atoms with van der Waals surface area (Å²) in [6, 6.07) is 19.1. The third-order valence-electron chi connectivity index (χ3n) is 5.11. The van der Waals surface area contributed by atoms with Crippen molar-refractivity contribution < 1.29 is 9.53 Å². The highest BCUT2D eigenvalue weighted by atomic mass is 32.2. The molecule has 1 amide bonds. The molecular weight excluding hydrogens is 410 g/mol. The van der Waals surface area contributed by atoms with Crippen molar-refractivity contribution in [3.05, 3.63) is 72.6 Å². The van der Waals surface area contributed by atoms with Gasteiger partial charge in [0.15, 0.2) is 5.65 Å². The first kappa shape index (κ1) is 19.7. The van der Waals surface area contributed by atoms with Gasteiger partial charge in [0.2, 0.25) is 5.95 Å². The monoisotopic (exact) mass is 431 g/mol. The number of nitrogens with one attached hydrogen (secondary N) is 1. The molecule has 2 aromatic heterocycles. The fraction of sp³-hybridized carbons (Fsp3) is 0.217. The van der Waals surface area contributed by atoms with Gasteiger partial charge in [-0.25, -0.2) is 15.0 Å². The SMILES string of the molecule is O=C(Nc1nc2c(Sc3ccccc3)ncnc2n1C1CCCCO1)c1ccccc1. The number of anilines is 1. The van der Waals surface area contributed by atoms with Gasteiger partial charge in [-0.15, -0.1) is 0 Å². The summed E-state index contributed by atoms with van der Waals surface area (Å²) in [5, 5.41) is 3.70. The molecule has 0 radical (unpaired) electrons. The van der Waals surface area contributed by atoms with Crippen molar-refractivity contribution in [1.82, 2.24) is 19.5 Å². The van der Waals surface area contributed by atoms with Gasteiger partial charge < -0.3 is 4.74 Å². The lowest BCUT2D eigenvalue weighted by Gasteiger charge is -2.25. The van der Waals surface area contributed by atoms with Crippen LogP contribution in [0.2, 0.25) is 0 Å². The number of carbonyl (C=O) groups is 1. The second-order valence-corrected chi connectivity index (χ2v) is 8.28. The first-order valence-electron chi connectivity index (χ1n) is 10.2. The molecule has 0 spiro atoms. The van der Waals surface area contributed by atoms with Crippen LogP contribution in [0.3, 0.4) is 0 Å². The minimum absolute atomic E-state index is 0.224. The Balaban J connectivity index is 1.57. The first-order chi connectivity index (χ1) is 15.3. The van der Waals surface area contributed by atoms with Crippen molar-refractivity contribution in [1.29, 1.82) is 0 Å². The van der Waals surface area contributed by atoms with E-state index in [2.05, 4.69) is 15.3 Å². The summed E-state index contributed by atoms with van der Waals surface area (Å²) in [6.07, 6.45) is 4.23. The van der Waals surface area contributed by atoms with E-state index in [0.717, 1.165) is 29.2 Å². The quantitative estimate of drug-likeness (QED) is 0.451. The summed E-state index contributed by atoms with van der Waals surface area (Å²) in [5.41, 5.74) is 1.87. The lowest BCUT2D eigenvalue weighted by atomic mass is 10.2. The first-order valence-corrected chi connectivity index (χ1v) is 11.0. The van der Waals surface area contributed by atoms with Crippen LogP contribution in [0.25, 0.3) is 11.2 Å². The molecule has 156 valence electrons. The Labute approximate surface area is 183 Å². The Morgan fingerprint density at radius 1 is 1.03 bits per heavy atom. The topological polar surface area (TPSA) is 81.9 Å². The molecule has 5 rings (SSSR count). The molecule has 1 N–H and O–H groups in total. The van der Waals surface area contributed by atoms with Gasteiger partial charge in [-0.2, -0.15) is 0 Å². The second kappa shape index (κ2) is 8.87. The van der Waals surface area contributed by atoms with Crippen LogP contribution in [0, 0.1) is 0 Å². The van der Waals surface area contributed by atoms with Crippen LogP contribution in [0.5, 0.6) is 0 Å². The minimum Gasteiger partial charge on any atom is -0.358 e. The van der Waals surface area contributed by atoms with E-state index in [1.54, 1.807) is 12.1 Å². The Morgan fingerprint density at radius 2 is 1.81 bits per heavy atom. The Bertz CT molecular complexity index is 1190. The number of amides is 1. The molecule has 1 aliphatic rings. The molecular formula is C23H21N5O2S. The van der Waals surface area contributed by atoms with Gasteiger partial charge in [-0.05, 0) is 43.5 Å². The molecule has 2 aromatic carbocycles. The van der Waals surface area contributed by atoms with Gasteiger partial charge >= 0.3 is 0 Å². The van der Waals surface area contributed by atoms with Crippen molar-refractivity contribution in [3.63, 3.8) is 0 Å². The van der Waals surface area contributed by atoms with Crippen LogP contribution < -0.4 is 5.32 Å². The summed E-state index contributed by atoms with van der Waals surface area (Å²) in [5.74, 6) is 0.198. The number of rotatable bonds is 5. The minimum atomic E-state index is -0.228. The van der Waals surface area contributed by atoms with E-state index in [0.29, 0.717) is 29.3 Å². The zero-order valence-corrected chi connectivity index (χ0v) is 17.6. The number of hydrogen-bond donors (Lipinski definition) is 1. The molecule has 1 saturated heterocycles. The van der Waals surface area contributed by atoms with Crippen LogP contribution in [0.1, 0.15) is 35.8 Å². The van der Waals surface area contributed by atoms with Crippen LogP contribution >= 0.6 is 11.8 Å². The van der Waals surface area contributed by atoms with Gasteiger partial charge in [0.25, 0.3) is 5.91 Å². The summed E-state index contributed by atoms with van der Waals surface area (Å²) in [4.78, 5) is 27.6. The maximum Gasteiger partial charge on any atom is 0.257 e. The highest BCUT2D eigenvalue weighted by molar-refractivity contribution is 7.99. The van der Waals surface area contributed by atoms with Crippen molar-refractivity contribution in [2.75, 3.05) is 11.9 Å². The summed E-state index contributed by atoms with van der Waals surface area (Å²) in [6.45, 7) is 0.674. The average molecular weight is 432 g/mol. The van der Waals surface area contributed by atoms with Crippen molar-refractivity contribution in [2.45, 2.75) is 35.4 Å². The third kappa shape index (κ3) is 4.17. The molecule has 7 nitrogen and oxygen atoms in total. The molecule has 3 heterocycles. The van der Waals surface area contributed by atoms with Gasteiger partial charge in [0.1, 0.15) is 23.1 Å². The van der Waals surface area contributed by atoms with Gasteiger partial charge in [-0.1, -0.05) is 48.2 Å². The maximum absolute atomic E-state index is 12.9. The number of nitrogens with zero attached hydrogens (tertiary/aromatic N) is 4. The molecule has 0 aliphatic carbocycles. The number of ether oxygens (including phenoxy) is 1. The van der Waals surface area contributed by atoms with Crippen molar-refractivity contribution >= 4 is 34.8 Å². The van der Waals surface area contributed by atoms with Crippen LogP contribution in [-0.2, 0) is 4.74 Å². The van der Waals surface area contributed by atoms with E-state index in [9.17, 15) is 4.79 Å². The number of aromatic nitrogens is 4. The van der Waals surface area contributed by atoms with E-state index >= 15 is 0 Å². The number of hydrogen-bond acceptors (Lipinski definition) is 6. The molecule has 8 heteroatoms. The molecule has 0 saturated carbocycles. The lowest BCUT2D eigenvalue weighted by Crippen LogP contribution is -2.22. The Kier molecular flexibility index (Phi) is 5.64. The van der Waals surface area contributed by atoms with Crippen molar-refractivity contribution in [3.8, 4) is 0 Å². The van der Waals surface area contributed by atoms with Crippen molar-refractivity contribution in [2.24, 2.45) is 0 Å². The summed E-state index contributed by atoms with van der Waals surface area (Å²) >= 11 is 1.52. The number of imidazole rings is 1. The zero-order valence-electron chi connectivity index (χ0n) is 16.8. The normalized spacial score (nSPS) is 16.3. The fourth-order valence-electron chi connectivity index (χ4n) is 3.61. The molecule has 1 atom stereocenters. The fourth-order valence-corrected chi connectivity index (χ4v) is 4.46. The molecule has 31 heavy (non-hydrogen) atoms. The van der Waals surface area contributed by atoms with E-state index in [1.807, 2.05) is 53.1 Å². The molecule has 1 fully saturated rings. The number of fused-ring (bicyclic) bond motifs is 1. The van der Waals surface area contributed by atoms with Gasteiger partial charge in [0.05, 0.1) is 0 Å². The van der Waals surface area contributed by atoms with E-state index in [1.165, 1.54) is 18.1 Å². The number of carbonyl (C=O) groups excluding carboxylic acids is 1. The maximum atomic E-state index is 12.9. The standard InChI is InChI=1S/C23H21N5O2S/c29-21(16-9-3-1-4-10-16)27-23-26-19-20(28(23)18-13-7-8-14-30-18)24-15-25-22(19)31-17-11-5-2-6-12-17/h1-6,9-12,15,18H,7-8,13-14H2,(H,26,27,29). The molecule has 1 unspecified atom stereocenters. The third-order valence-corrected chi connectivity index (χ3v) is 6.11. The Morgan fingerprint density at radius 3 is 2.55 bits per heavy atom. The summed E-state index contributed by atoms with van der Waals surface area (Å²) < 4.78 is 7.92. The number of benzene rings is 2. The smallest absolute Gasteiger partial charge is 0.257 e. The lowest BCUT2D eigenvalue weighted by molar-refractivity contribution is -0.0285. The predicted octanol–water partition coefficient (Wildman–Crippen LogP) is 4.93. The van der Waals surface area contributed by atoms with Gasteiger partial charge in [0, 0.05) is 17.1 Å². The van der Waals surface area contributed by atoms with Crippen LogP contribution in [-0.4, -0.2) is 32.0 Å². The average Bonchev–Trinajstić information content (AvgIpc) is 3.20. The molecule has 1 aliphatic heterocycles. The summed E-state index contributed by atoms with van der Waals surface area (Å²) in [7, 11) is 0. The Hall–Kier alpha value is -3.23. The second-order valence-electron chi connectivity index (χ2n) is 7.21. The predicted molar refractivity (Wildman–Crippen MR) is 119 cm³/mol. The van der Waals surface area contributed by atoms with Crippen LogP contribution in [0.4, 0.5) is 5.95 Å². The van der Waals surface area contributed by atoms with E-state index in [-0.39, 0.29) is 12.1 Å². The van der Waals surface area contributed by atoms with E-state index < -0.39 is 0 Å². The zero-order chi connectivity index (χ0) is 21.0. The molecule has 0 bridgehead atoms. The highest BCUT2D eigenvalue weighted by Crippen LogP contribution is 2.35. The van der Waals surface area contributed by atoms with Gasteiger partial charge in [-0.3, -0.25) is 14.7 Å². The van der Waals surface area contributed by atoms with E-state index in [4.69, 9.17) is 9.72 Å². The highest BCUT2D eigenvalue weighted by Gasteiger charge is 2.26. The molecule has 4 aromatic rings.